The first-order valence-electron chi connectivity index (χ1n) is 7.64. The third kappa shape index (κ3) is 4.87. The summed E-state index contributed by atoms with van der Waals surface area (Å²) in [7, 11) is 0. The fourth-order valence-corrected chi connectivity index (χ4v) is 2.48. The number of hydrogen-bond acceptors (Lipinski definition) is 5. The lowest BCUT2D eigenvalue weighted by molar-refractivity contribution is -0.385. The molecule has 1 amide bonds. The molecule has 1 atom stereocenters. The molecule has 132 valence electrons. The van der Waals surface area contributed by atoms with Crippen molar-refractivity contribution in [2.45, 2.75) is 32.2 Å². The summed E-state index contributed by atoms with van der Waals surface area (Å²) in [6.07, 6.45) is 0.490. The zero-order valence-corrected chi connectivity index (χ0v) is 13.6. The molecule has 1 aromatic carbocycles. The number of benzene rings is 1. The summed E-state index contributed by atoms with van der Waals surface area (Å²) in [4.78, 5) is 33.6. The Kier molecular flexibility index (Phi) is 5.83. The molecule has 3 N–H and O–H groups in total. The average molecular weight is 346 g/mol. The Hall–Kier alpha value is -3.23. The number of aliphatic carboxylic acids is 1. The highest BCUT2D eigenvalue weighted by Gasteiger charge is 2.28. The molecule has 0 aliphatic carbocycles. The second-order valence-corrected chi connectivity index (χ2v) is 5.60. The smallest absolute Gasteiger partial charge is 0.322 e. The highest BCUT2D eigenvalue weighted by atomic mass is 16.6. The Morgan fingerprint density at radius 2 is 2.04 bits per heavy atom. The molecule has 0 aliphatic rings. The Balaban J connectivity index is 2.16. The van der Waals surface area contributed by atoms with Gasteiger partial charge in [0.15, 0.2) is 0 Å². The molecule has 25 heavy (non-hydrogen) atoms. The van der Waals surface area contributed by atoms with Crippen molar-refractivity contribution < 1.29 is 19.6 Å². The van der Waals surface area contributed by atoms with Crippen molar-refractivity contribution in [2.24, 2.45) is 0 Å². The summed E-state index contributed by atoms with van der Waals surface area (Å²) in [6.45, 7) is 1.45. The summed E-state index contributed by atoms with van der Waals surface area (Å²) >= 11 is 0. The van der Waals surface area contributed by atoms with Gasteiger partial charge in [-0.1, -0.05) is 30.3 Å². The van der Waals surface area contributed by atoms with Crippen molar-refractivity contribution in [1.29, 1.82) is 0 Å². The van der Waals surface area contributed by atoms with Crippen LogP contribution >= 0.6 is 0 Å². The lowest BCUT2D eigenvalue weighted by atomic mass is 10.0. The van der Waals surface area contributed by atoms with Crippen LogP contribution in [0.4, 0.5) is 5.69 Å². The number of nitrogens with zero attached hydrogens (tertiary/aromatic N) is 2. The number of H-pyrrole nitrogens is 1. The van der Waals surface area contributed by atoms with Crippen LogP contribution < -0.4 is 5.32 Å². The van der Waals surface area contributed by atoms with Gasteiger partial charge in [0, 0.05) is 12.5 Å². The number of carbonyl (C=O) groups excluding carboxylic acids is 1. The first-order valence-corrected chi connectivity index (χ1v) is 7.64. The molecule has 1 heterocycles. The van der Waals surface area contributed by atoms with Crippen LogP contribution in [0.3, 0.4) is 0 Å². The van der Waals surface area contributed by atoms with E-state index in [0.29, 0.717) is 6.42 Å². The lowest BCUT2D eigenvalue weighted by Crippen LogP contribution is -2.37. The molecule has 2 aromatic rings. The van der Waals surface area contributed by atoms with Gasteiger partial charge < -0.3 is 10.4 Å². The van der Waals surface area contributed by atoms with E-state index in [4.69, 9.17) is 5.11 Å². The van der Waals surface area contributed by atoms with Gasteiger partial charge in [-0.3, -0.25) is 24.8 Å². The summed E-state index contributed by atoms with van der Waals surface area (Å²) in [5.74, 6) is -1.68. The summed E-state index contributed by atoms with van der Waals surface area (Å²) in [5, 5.41) is 28.7. The van der Waals surface area contributed by atoms with Crippen molar-refractivity contribution in [3.05, 3.63) is 57.4 Å². The minimum Gasteiger partial charge on any atom is -0.481 e. The van der Waals surface area contributed by atoms with E-state index >= 15 is 0 Å². The predicted molar refractivity (Wildman–Crippen MR) is 88.2 cm³/mol. The van der Waals surface area contributed by atoms with Gasteiger partial charge in [-0.25, -0.2) is 0 Å². The van der Waals surface area contributed by atoms with Crippen LogP contribution in [0.15, 0.2) is 30.3 Å². The number of hydrogen-bond donors (Lipinski definition) is 3. The Morgan fingerprint density at radius 3 is 2.64 bits per heavy atom. The van der Waals surface area contributed by atoms with E-state index in [0.717, 1.165) is 5.56 Å². The molecular formula is C16H18N4O5. The molecule has 0 spiro atoms. The molecule has 0 fully saturated rings. The topological polar surface area (TPSA) is 138 Å². The highest BCUT2D eigenvalue weighted by Crippen LogP contribution is 2.20. The lowest BCUT2D eigenvalue weighted by Gasteiger charge is -2.17. The van der Waals surface area contributed by atoms with Gasteiger partial charge >= 0.3 is 11.7 Å². The van der Waals surface area contributed by atoms with Gasteiger partial charge in [0.25, 0.3) is 5.91 Å². The maximum Gasteiger partial charge on any atom is 0.322 e. The van der Waals surface area contributed by atoms with Crippen LogP contribution in [0, 0.1) is 17.0 Å². The number of carboxylic acid groups (broad SMARTS) is 1. The molecular weight excluding hydrogens is 328 g/mol. The minimum atomic E-state index is -0.978. The largest absolute Gasteiger partial charge is 0.481 e. The fraction of sp³-hybridized carbons (Fsp3) is 0.312. The average Bonchev–Trinajstić information content (AvgIpc) is 2.95. The fourth-order valence-electron chi connectivity index (χ4n) is 2.48. The van der Waals surface area contributed by atoms with E-state index in [9.17, 15) is 19.7 Å². The molecule has 0 saturated carbocycles. The Bertz CT molecular complexity index is 772. The molecule has 1 unspecified atom stereocenters. The monoisotopic (exact) mass is 346 g/mol. The van der Waals surface area contributed by atoms with Gasteiger partial charge in [-0.15, -0.1) is 0 Å². The van der Waals surface area contributed by atoms with Crippen LogP contribution in [0.2, 0.25) is 0 Å². The molecule has 1 aromatic heterocycles. The normalized spacial score (nSPS) is 11.7. The second-order valence-electron chi connectivity index (χ2n) is 5.60. The number of nitro groups is 1. The minimum absolute atomic E-state index is 0.126. The SMILES string of the molecule is Cc1[nH]nc(C(=O)NC(CCC(=O)O)Cc2ccccc2)c1[N+](=O)[O-]. The molecule has 0 aliphatic heterocycles. The quantitative estimate of drug-likeness (QED) is 0.492. The van der Waals surface area contributed by atoms with Crippen LogP contribution in [0.1, 0.15) is 34.6 Å². The van der Waals surface area contributed by atoms with E-state index in [1.165, 1.54) is 6.92 Å². The first kappa shape index (κ1) is 18.1. The maximum atomic E-state index is 12.4. The highest BCUT2D eigenvalue weighted by molar-refractivity contribution is 5.96. The molecule has 0 saturated heterocycles. The standard InChI is InChI=1S/C16H18N4O5/c1-10-15(20(24)25)14(19-18-10)16(23)17-12(7-8-13(21)22)9-11-5-3-2-4-6-11/h2-6,12H,7-9H2,1H3,(H,17,23)(H,18,19)(H,21,22). The van der Waals surface area contributed by atoms with Crippen LogP contribution in [0.25, 0.3) is 0 Å². The van der Waals surface area contributed by atoms with Gasteiger partial charge in [0.1, 0.15) is 5.69 Å². The molecule has 0 radical (unpaired) electrons. The zero-order chi connectivity index (χ0) is 18.4. The zero-order valence-electron chi connectivity index (χ0n) is 13.6. The van der Waals surface area contributed by atoms with Crippen LogP contribution in [-0.4, -0.2) is 38.1 Å². The number of amides is 1. The van der Waals surface area contributed by atoms with Gasteiger partial charge in [-0.05, 0) is 25.3 Å². The number of aryl methyl sites for hydroxylation is 1. The molecule has 9 nitrogen and oxygen atoms in total. The van der Waals surface area contributed by atoms with Crippen molar-refractivity contribution in [3.8, 4) is 0 Å². The van der Waals surface area contributed by atoms with Crippen molar-refractivity contribution >= 4 is 17.6 Å². The van der Waals surface area contributed by atoms with Crippen LogP contribution in [-0.2, 0) is 11.2 Å². The number of carboxylic acids is 1. The molecule has 2 rings (SSSR count). The van der Waals surface area contributed by atoms with Crippen molar-refractivity contribution in [3.63, 3.8) is 0 Å². The van der Waals surface area contributed by atoms with E-state index in [1.54, 1.807) is 0 Å². The van der Waals surface area contributed by atoms with Crippen molar-refractivity contribution in [1.82, 2.24) is 15.5 Å². The van der Waals surface area contributed by atoms with Gasteiger partial charge in [-0.2, -0.15) is 5.10 Å². The maximum absolute atomic E-state index is 12.4. The van der Waals surface area contributed by atoms with E-state index in [1.807, 2.05) is 30.3 Å². The summed E-state index contributed by atoms with van der Waals surface area (Å²) in [6, 6.07) is 8.77. The van der Waals surface area contributed by atoms with E-state index < -0.39 is 22.8 Å². The van der Waals surface area contributed by atoms with Gasteiger partial charge in [0.05, 0.1) is 4.92 Å². The molecule has 0 bridgehead atoms. The van der Waals surface area contributed by atoms with E-state index in [-0.39, 0.29) is 29.9 Å². The van der Waals surface area contributed by atoms with Gasteiger partial charge in [0.2, 0.25) is 5.69 Å². The Labute approximate surface area is 143 Å². The molecule has 9 heteroatoms. The summed E-state index contributed by atoms with van der Waals surface area (Å²) in [5.41, 5.74) is 0.413. The Morgan fingerprint density at radius 1 is 1.36 bits per heavy atom. The third-order valence-electron chi connectivity index (χ3n) is 3.68. The number of rotatable bonds is 8. The number of nitrogens with one attached hydrogen (secondary N) is 2. The second kappa shape index (κ2) is 8.04. The number of carbonyl (C=O) groups is 2. The number of aromatic nitrogens is 2. The predicted octanol–water partition coefficient (Wildman–Crippen LogP) is 1.83. The third-order valence-corrected chi connectivity index (χ3v) is 3.68. The number of aromatic amines is 1. The van der Waals surface area contributed by atoms with Crippen LogP contribution in [0.5, 0.6) is 0 Å². The van der Waals surface area contributed by atoms with Crippen molar-refractivity contribution in [2.75, 3.05) is 0 Å². The first-order chi connectivity index (χ1) is 11.9. The summed E-state index contributed by atoms with van der Waals surface area (Å²) < 4.78 is 0. The van der Waals surface area contributed by atoms with E-state index in [2.05, 4.69) is 15.5 Å².